The molecule has 0 saturated carbocycles. The Morgan fingerprint density at radius 3 is 2.87 bits per heavy atom. The van der Waals surface area contributed by atoms with E-state index in [0.29, 0.717) is 37.2 Å². The van der Waals surface area contributed by atoms with Crippen LogP contribution in [0.15, 0.2) is 29.6 Å². The van der Waals surface area contributed by atoms with Crippen molar-refractivity contribution in [2.45, 2.75) is 45.6 Å². The van der Waals surface area contributed by atoms with Gasteiger partial charge in [-0.2, -0.15) is 9.78 Å². The summed E-state index contributed by atoms with van der Waals surface area (Å²) in [5.74, 6) is -1.09. The van der Waals surface area contributed by atoms with E-state index in [2.05, 4.69) is 30.7 Å². The SMILES string of the molecule is Cc1cc(NC(=O)C(=O)NCCCn2ccnc2)n(-c2nc3c(c(=O)[nH]2)CCCC3)n1. The zero-order valence-corrected chi connectivity index (χ0v) is 17.2. The van der Waals surface area contributed by atoms with Crippen molar-refractivity contribution < 1.29 is 9.59 Å². The van der Waals surface area contributed by atoms with Crippen molar-refractivity contribution in [2.75, 3.05) is 11.9 Å². The van der Waals surface area contributed by atoms with Crippen LogP contribution >= 0.6 is 0 Å². The number of hydrogen-bond acceptors (Lipinski definition) is 6. The predicted molar refractivity (Wildman–Crippen MR) is 112 cm³/mol. The molecular weight excluding hydrogens is 400 g/mol. The fraction of sp³-hybridized carbons (Fsp3) is 0.400. The highest BCUT2D eigenvalue weighted by atomic mass is 16.2. The molecule has 3 aromatic heterocycles. The molecule has 11 heteroatoms. The summed E-state index contributed by atoms with van der Waals surface area (Å²) >= 11 is 0. The van der Waals surface area contributed by atoms with Crippen molar-refractivity contribution >= 4 is 17.6 Å². The molecule has 0 aromatic carbocycles. The normalized spacial score (nSPS) is 12.9. The van der Waals surface area contributed by atoms with E-state index >= 15 is 0 Å². The average Bonchev–Trinajstić information content (AvgIpc) is 3.40. The monoisotopic (exact) mass is 424 g/mol. The number of aromatic amines is 1. The van der Waals surface area contributed by atoms with E-state index in [9.17, 15) is 14.4 Å². The summed E-state index contributed by atoms with van der Waals surface area (Å²) < 4.78 is 3.23. The third-order valence-electron chi connectivity index (χ3n) is 5.10. The van der Waals surface area contributed by atoms with Crippen LogP contribution in [0.5, 0.6) is 0 Å². The molecule has 0 saturated heterocycles. The molecule has 0 spiro atoms. The van der Waals surface area contributed by atoms with Crippen molar-refractivity contribution in [3.05, 3.63) is 52.1 Å². The molecule has 11 nitrogen and oxygen atoms in total. The van der Waals surface area contributed by atoms with Gasteiger partial charge in [-0.3, -0.25) is 19.4 Å². The molecule has 3 heterocycles. The molecule has 0 aliphatic heterocycles. The first-order chi connectivity index (χ1) is 15.0. The number of carbonyl (C=O) groups excluding carboxylic acids is 2. The first kappa shape index (κ1) is 20.5. The van der Waals surface area contributed by atoms with Gasteiger partial charge in [0.15, 0.2) is 0 Å². The highest BCUT2D eigenvalue weighted by Crippen LogP contribution is 2.19. The first-order valence-corrected chi connectivity index (χ1v) is 10.3. The van der Waals surface area contributed by atoms with Gasteiger partial charge in [0.05, 0.1) is 17.7 Å². The van der Waals surface area contributed by atoms with Crippen LogP contribution in [0.1, 0.15) is 36.2 Å². The Hall–Kier alpha value is -3.76. The maximum atomic E-state index is 12.4. The predicted octanol–water partition coefficient (Wildman–Crippen LogP) is 0.484. The third-order valence-corrected chi connectivity index (χ3v) is 5.10. The van der Waals surface area contributed by atoms with Crippen LogP contribution in [0.2, 0.25) is 0 Å². The number of imidazole rings is 1. The van der Waals surface area contributed by atoms with Crippen LogP contribution in [0, 0.1) is 6.92 Å². The molecule has 0 radical (unpaired) electrons. The first-order valence-electron chi connectivity index (χ1n) is 10.3. The van der Waals surface area contributed by atoms with Crippen LogP contribution in [0.4, 0.5) is 5.82 Å². The molecule has 0 unspecified atom stereocenters. The summed E-state index contributed by atoms with van der Waals surface area (Å²) in [4.78, 5) is 48.2. The van der Waals surface area contributed by atoms with Crippen molar-refractivity contribution in [2.24, 2.45) is 0 Å². The molecule has 2 amide bonds. The average molecular weight is 424 g/mol. The number of nitrogens with one attached hydrogen (secondary N) is 3. The third kappa shape index (κ3) is 4.71. The van der Waals surface area contributed by atoms with Gasteiger partial charge in [0, 0.05) is 37.1 Å². The Kier molecular flexibility index (Phi) is 5.92. The Balaban J connectivity index is 1.42. The summed E-state index contributed by atoms with van der Waals surface area (Å²) in [6.45, 7) is 2.78. The van der Waals surface area contributed by atoms with Crippen molar-refractivity contribution in [1.82, 2.24) is 34.6 Å². The number of nitrogens with zero attached hydrogens (tertiary/aromatic N) is 5. The number of H-pyrrole nitrogens is 1. The molecule has 31 heavy (non-hydrogen) atoms. The van der Waals surface area contributed by atoms with Crippen molar-refractivity contribution in [3.8, 4) is 5.95 Å². The van der Waals surface area contributed by atoms with Crippen LogP contribution < -0.4 is 16.2 Å². The van der Waals surface area contributed by atoms with Gasteiger partial charge >= 0.3 is 11.8 Å². The number of amides is 2. The van der Waals surface area contributed by atoms with E-state index in [-0.39, 0.29) is 17.3 Å². The van der Waals surface area contributed by atoms with Gasteiger partial charge in [-0.25, -0.2) is 9.97 Å². The minimum atomic E-state index is -0.816. The Bertz CT molecular complexity index is 1150. The highest BCUT2D eigenvalue weighted by molar-refractivity contribution is 6.39. The Morgan fingerprint density at radius 2 is 2.06 bits per heavy atom. The van der Waals surface area contributed by atoms with Crippen LogP contribution in [-0.4, -0.2) is 47.7 Å². The van der Waals surface area contributed by atoms with Gasteiger partial charge in [-0.1, -0.05) is 0 Å². The maximum absolute atomic E-state index is 12.4. The molecule has 4 rings (SSSR count). The van der Waals surface area contributed by atoms with E-state index in [1.165, 1.54) is 4.68 Å². The lowest BCUT2D eigenvalue weighted by Gasteiger charge is -2.15. The molecule has 3 N–H and O–H groups in total. The van der Waals surface area contributed by atoms with Gasteiger partial charge in [0.1, 0.15) is 5.82 Å². The van der Waals surface area contributed by atoms with E-state index < -0.39 is 11.8 Å². The van der Waals surface area contributed by atoms with Gasteiger partial charge in [-0.15, -0.1) is 0 Å². The van der Waals surface area contributed by atoms with Gasteiger partial charge in [-0.05, 0) is 39.0 Å². The molecule has 0 bridgehead atoms. The molecular formula is C20H24N8O3. The van der Waals surface area contributed by atoms with E-state index in [4.69, 9.17) is 0 Å². The largest absolute Gasteiger partial charge is 0.348 e. The zero-order valence-electron chi connectivity index (χ0n) is 17.2. The molecule has 3 aromatic rings. The lowest BCUT2D eigenvalue weighted by molar-refractivity contribution is -0.136. The topological polar surface area (TPSA) is 140 Å². The number of aromatic nitrogens is 6. The minimum absolute atomic E-state index is 0.194. The van der Waals surface area contributed by atoms with Crippen molar-refractivity contribution in [1.29, 1.82) is 0 Å². The second-order valence-electron chi connectivity index (χ2n) is 7.47. The molecule has 162 valence electrons. The van der Waals surface area contributed by atoms with E-state index in [1.54, 1.807) is 25.5 Å². The highest BCUT2D eigenvalue weighted by Gasteiger charge is 2.20. The van der Waals surface area contributed by atoms with E-state index in [1.807, 2.05) is 10.8 Å². The molecule has 1 aliphatic carbocycles. The molecule has 0 fully saturated rings. The van der Waals surface area contributed by atoms with Crippen LogP contribution in [0.3, 0.4) is 0 Å². The number of anilines is 1. The Morgan fingerprint density at radius 1 is 1.23 bits per heavy atom. The minimum Gasteiger partial charge on any atom is -0.348 e. The van der Waals surface area contributed by atoms with Crippen LogP contribution in [-0.2, 0) is 29.0 Å². The molecule has 0 atom stereocenters. The Labute approximate surface area is 177 Å². The summed E-state index contributed by atoms with van der Waals surface area (Å²) in [5, 5.41) is 9.47. The van der Waals surface area contributed by atoms with Crippen molar-refractivity contribution in [3.63, 3.8) is 0 Å². The maximum Gasteiger partial charge on any atom is 0.314 e. The fourth-order valence-electron chi connectivity index (χ4n) is 3.58. The zero-order chi connectivity index (χ0) is 21.8. The van der Waals surface area contributed by atoms with E-state index in [0.717, 1.165) is 25.0 Å². The number of carbonyl (C=O) groups is 2. The number of fused-ring (bicyclic) bond motifs is 1. The summed E-state index contributed by atoms with van der Waals surface area (Å²) in [7, 11) is 0. The summed E-state index contributed by atoms with van der Waals surface area (Å²) in [5.41, 5.74) is 1.88. The number of rotatable bonds is 6. The van der Waals surface area contributed by atoms with Gasteiger partial charge in [0.2, 0.25) is 5.95 Å². The smallest absolute Gasteiger partial charge is 0.314 e. The lowest BCUT2D eigenvalue weighted by Crippen LogP contribution is -2.36. The number of hydrogen-bond donors (Lipinski definition) is 3. The van der Waals surface area contributed by atoms with Crippen LogP contribution in [0.25, 0.3) is 5.95 Å². The second kappa shape index (κ2) is 8.94. The summed E-state index contributed by atoms with van der Waals surface area (Å²) in [6.07, 6.45) is 9.25. The standard InChI is InChI=1S/C20H24N8O3/c1-13-11-16(24-19(31)18(30)22-7-4-9-27-10-8-21-12-27)28(26-13)20-23-15-6-3-2-5-14(15)17(29)25-20/h8,10-12H,2-7,9H2,1H3,(H,22,30)(H,24,31)(H,23,25,29). The summed E-state index contributed by atoms with van der Waals surface area (Å²) in [6, 6.07) is 1.61. The molecule has 1 aliphatic rings. The number of aryl methyl sites for hydroxylation is 3. The lowest BCUT2D eigenvalue weighted by atomic mass is 9.97. The quantitative estimate of drug-likeness (QED) is 0.389. The van der Waals surface area contributed by atoms with Gasteiger partial charge < -0.3 is 15.2 Å². The fourth-order valence-corrected chi connectivity index (χ4v) is 3.58. The second-order valence-corrected chi connectivity index (χ2v) is 7.47. The van der Waals surface area contributed by atoms with Gasteiger partial charge in [0.25, 0.3) is 5.56 Å².